The molecule has 0 spiro atoms. The summed E-state index contributed by atoms with van der Waals surface area (Å²) in [4.78, 5) is 22.3. The highest BCUT2D eigenvalue weighted by molar-refractivity contribution is 7.22. The molecule has 1 amide bonds. The topological polar surface area (TPSA) is 54.9 Å². The van der Waals surface area contributed by atoms with Gasteiger partial charge in [-0.1, -0.05) is 43.4 Å². The van der Waals surface area contributed by atoms with Crippen molar-refractivity contribution in [1.29, 1.82) is 0 Å². The molecule has 2 aromatic carbocycles. The minimum Gasteiger partial charge on any atom is -0.484 e. The SMILES string of the molecule is Cc1ccc2sc(N(CCN3CCOCC3)C(=O)COc3ccc(C(C)C)cc3)nc2c1C. The van der Waals surface area contributed by atoms with Gasteiger partial charge in [-0.25, -0.2) is 4.98 Å². The molecular formula is C26H33N3O3S. The van der Waals surface area contributed by atoms with Gasteiger partial charge in [0.1, 0.15) is 5.75 Å². The highest BCUT2D eigenvalue weighted by Crippen LogP contribution is 2.32. The van der Waals surface area contributed by atoms with Crippen LogP contribution in [0.4, 0.5) is 5.13 Å². The van der Waals surface area contributed by atoms with Crippen LogP contribution in [0.1, 0.15) is 36.5 Å². The zero-order valence-corrected chi connectivity index (χ0v) is 20.8. The van der Waals surface area contributed by atoms with Gasteiger partial charge in [-0.15, -0.1) is 0 Å². The first kappa shape index (κ1) is 23.7. The minimum atomic E-state index is -0.0790. The molecule has 7 heteroatoms. The summed E-state index contributed by atoms with van der Waals surface area (Å²) >= 11 is 1.57. The van der Waals surface area contributed by atoms with E-state index in [0.29, 0.717) is 18.2 Å². The Kier molecular flexibility index (Phi) is 7.63. The number of aromatic nitrogens is 1. The number of hydrogen-bond acceptors (Lipinski definition) is 6. The quantitative estimate of drug-likeness (QED) is 0.477. The van der Waals surface area contributed by atoms with Crippen molar-refractivity contribution in [2.24, 2.45) is 0 Å². The van der Waals surface area contributed by atoms with E-state index in [4.69, 9.17) is 14.5 Å². The van der Waals surface area contributed by atoms with Gasteiger partial charge in [-0.3, -0.25) is 14.6 Å². The molecule has 33 heavy (non-hydrogen) atoms. The average molecular weight is 468 g/mol. The van der Waals surface area contributed by atoms with Gasteiger partial charge in [0.25, 0.3) is 5.91 Å². The molecule has 0 radical (unpaired) electrons. The number of morpholine rings is 1. The number of ether oxygens (including phenoxy) is 2. The summed E-state index contributed by atoms with van der Waals surface area (Å²) in [6.07, 6.45) is 0. The fourth-order valence-electron chi connectivity index (χ4n) is 3.89. The average Bonchev–Trinajstić information content (AvgIpc) is 3.26. The molecule has 176 valence electrons. The number of benzene rings is 2. The molecule has 3 aromatic rings. The van der Waals surface area contributed by atoms with Crippen LogP contribution in [0.25, 0.3) is 10.2 Å². The van der Waals surface area contributed by atoms with E-state index < -0.39 is 0 Å². The fourth-order valence-corrected chi connectivity index (χ4v) is 4.96. The molecular weight excluding hydrogens is 434 g/mol. The largest absolute Gasteiger partial charge is 0.484 e. The zero-order valence-electron chi connectivity index (χ0n) is 20.0. The Labute approximate surface area is 200 Å². The van der Waals surface area contributed by atoms with Crippen molar-refractivity contribution in [3.63, 3.8) is 0 Å². The molecule has 4 rings (SSSR count). The Balaban J connectivity index is 1.51. The Morgan fingerprint density at radius 1 is 1.15 bits per heavy atom. The van der Waals surface area contributed by atoms with Crippen LogP contribution in [0.15, 0.2) is 36.4 Å². The van der Waals surface area contributed by atoms with Crippen molar-refractivity contribution in [1.82, 2.24) is 9.88 Å². The maximum atomic E-state index is 13.3. The van der Waals surface area contributed by atoms with Crippen molar-refractivity contribution in [2.75, 3.05) is 50.9 Å². The second-order valence-electron chi connectivity index (χ2n) is 8.86. The van der Waals surface area contributed by atoms with Crippen LogP contribution in [0.5, 0.6) is 5.75 Å². The van der Waals surface area contributed by atoms with Crippen LogP contribution in [0, 0.1) is 13.8 Å². The van der Waals surface area contributed by atoms with Gasteiger partial charge in [-0.2, -0.15) is 0 Å². The molecule has 0 aliphatic carbocycles. The molecule has 1 saturated heterocycles. The highest BCUT2D eigenvalue weighted by Gasteiger charge is 2.22. The van der Waals surface area contributed by atoms with Crippen LogP contribution < -0.4 is 9.64 Å². The van der Waals surface area contributed by atoms with Gasteiger partial charge >= 0.3 is 0 Å². The number of hydrogen-bond donors (Lipinski definition) is 0. The second kappa shape index (κ2) is 10.6. The van der Waals surface area contributed by atoms with Crippen LogP contribution >= 0.6 is 11.3 Å². The van der Waals surface area contributed by atoms with E-state index in [-0.39, 0.29) is 12.5 Å². The number of anilines is 1. The van der Waals surface area contributed by atoms with Crippen molar-refractivity contribution < 1.29 is 14.3 Å². The maximum Gasteiger partial charge on any atom is 0.266 e. The van der Waals surface area contributed by atoms with Gasteiger partial charge < -0.3 is 9.47 Å². The summed E-state index contributed by atoms with van der Waals surface area (Å²) in [5.41, 5.74) is 4.60. The van der Waals surface area contributed by atoms with Gasteiger partial charge in [0.05, 0.1) is 23.4 Å². The Morgan fingerprint density at radius 2 is 1.88 bits per heavy atom. The summed E-state index contributed by atoms with van der Waals surface area (Å²) in [6.45, 7) is 13.1. The molecule has 2 heterocycles. The van der Waals surface area contributed by atoms with E-state index in [2.05, 4.69) is 56.9 Å². The number of nitrogens with zero attached hydrogens (tertiary/aromatic N) is 3. The molecule has 0 unspecified atom stereocenters. The van der Waals surface area contributed by atoms with Gasteiger partial charge in [-0.05, 0) is 54.7 Å². The highest BCUT2D eigenvalue weighted by atomic mass is 32.1. The molecule has 1 aliphatic heterocycles. The van der Waals surface area contributed by atoms with Crippen LogP contribution in [-0.2, 0) is 9.53 Å². The third kappa shape index (κ3) is 5.72. The monoisotopic (exact) mass is 467 g/mol. The van der Waals surface area contributed by atoms with Crippen molar-refractivity contribution in [3.8, 4) is 5.75 Å². The van der Waals surface area contributed by atoms with E-state index in [9.17, 15) is 4.79 Å². The van der Waals surface area contributed by atoms with Gasteiger partial charge in [0.2, 0.25) is 0 Å². The van der Waals surface area contributed by atoms with E-state index in [1.54, 1.807) is 16.2 Å². The van der Waals surface area contributed by atoms with Gasteiger partial charge in [0.15, 0.2) is 11.7 Å². The molecule has 1 aliphatic rings. The number of aryl methyl sites for hydroxylation is 2. The molecule has 0 atom stereocenters. The van der Waals surface area contributed by atoms with E-state index in [0.717, 1.165) is 53.8 Å². The third-order valence-electron chi connectivity index (χ3n) is 6.26. The Hall–Kier alpha value is -2.48. The third-order valence-corrected chi connectivity index (χ3v) is 7.30. The molecule has 1 aromatic heterocycles. The lowest BCUT2D eigenvalue weighted by Gasteiger charge is -2.29. The number of thiazole rings is 1. The van der Waals surface area contributed by atoms with Crippen molar-refractivity contribution >= 4 is 32.6 Å². The molecule has 1 fully saturated rings. The van der Waals surface area contributed by atoms with E-state index in [1.165, 1.54) is 11.1 Å². The fraction of sp³-hybridized carbons (Fsp3) is 0.462. The zero-order chi connectivity index (χ0) is 23.4. The number of rotatable bonds is 8. The summed E-state index contributed by atoms with van der Waals surface area (Å²) < 4.78 is 12.4. The van der Waals surface area contributed by atoms with Crippen LogP contribution in [-0.4, -0.2) is 61.8 Å². The molecule has 6 nitrogen and oxygen atoms in total. The van der Waals surface area contributed by atoms with Crippen molar-refractivity contribution in [3.05, 3.63) is 53.1 Å². The predicted octanol–water partition coefficient (Wildman–Crippen LogP) is 4.78. The second-order valence-corrected chi connectivity index (χ2v) is 9.87. The van der Waals surface area contributed by atoms with Gasteiger partial charge in [0, 0.05) is 26.2 Å². The summed E-state index contributed by atoms with van der Waals surface area (Å²) in [5.74, 6) is 1.09. The van der Waals surface area contributed by atoms with E-state index in [1.807, 2.05) is 12.1 Å². The summed E-state index contributed by atoms with van der Waals surface area (Å²) in [7, 11) is 0. The number of fused-ring (bicyclic) bond motifs is 1. The lowest BCUT2D eigenvalue weighted by atomic mass is 10.0. The smallest absolute Gasteiger partial charge is 0.266 e. The summed E-state index contributed by atoms with van der Waals surface area (Å²) in [5, 5.41) is 0.732. The normalized spacial score (nSPS) is 14.7. The first-order valence-electron chi connectivity index (χ1n) is 11.6. The lowest BCUT2D eigenvalue weighted by molar-refractivity contribution is -0.120. The predicted molar refractivity (Wildman–Crippen MR) is 135 cm³/mol. The Morgan fingerprint density at radius 3 is 2.58 bits per heavy atom. The lowest BCUT2D eigenvalue weighted by Crippen LogP contribution is -2.44. The number of carbonyl (C=O) groups excluding carboxylic acids is 1. The first-order valence-corrected chi connectivity index (χ1v) is 12.4. The number of amides is 1. The molecule has 0 N–H and O–H groups in total. The maximum absolute atomic E-state index is 13.3. The van der Waals surface area contributed by atoms with Crippen molar-refractivity contribution in [2.45, 2.75) is 33.6 Å². The van der Waals surface area contributed by atoms with E-state index >= 15 is 0 Å². The summed E-state index contributed by atoms with van der Waals surface area (Å²) in [6, 6.07) is 12.2. The first-order chi connectivity index (χ1) is 15.9. The Bertz CT molecular complexity index is 1090. The molecule has 0 saturated carbocycles. The van der Waals surface area contributed by atoms with Crippen LogP contribution in [0.2, 0.25) is 0 Å². The number of carbonyl (C=O) groups is 1. The minimum absolute atomic E-state index is 0.0158. The molecule has 0 bridgehead atoms. The van der Waals surface area contributed by atoms with Crippen LogP contribution in [0.3, 0.4) is 0 Å². The standard InChI is InChI=1S/C26H33N3O3S/c1-18(2)21-6-8-22(9-7-21)32-17-24(30)29(12-11-28-13-15-31-16-14-28)26-27-25-20(4)19(3)5-10-23(25)33-26/h5-10,18H,11-17H2,1-4H3.